The van der Waals surface area contributed by atoms with E-state index in [0.29, 0.717) is 37.3 Å². The summed E-state index contributed by atoms with van der Waals surface area (Å²) in [6.45, 7) is 1.26. The van der Waals surface area contributed by atoms with Gasteiger partial charge in [0.25, 0.3) is 5.79 Å². The van der Waals surface area contributed by atoms with Crippen LogP contribution in [-0.2, 0) is 15.3 Å². The van der Waals surface area contributed by atoms with Gasteiger partial charge < -0.3 is 39.7 Å². The molecule has 182 valence electrons. The zero-order chi connectivity index (χ0) is 24.3. The number of hydrogen-bond donors (Lipinski definition) is 4. The lowest BCUT2D eigenvalue weighted by Crippen LogP contribution is -2.40. The SMILES string of the molecule is COC(OC)(C(=O)c1ccc(N(CCO)CCO)cc1)c1ccc(N(CCO)CCO)cc1. The second kappa shape index (κ2) is 13.2. The third-order valence-electron chi connectivity index (χ3n) is 5.46. The third-order valence-corrected chi connectivity index (χ3v) is 5.46. The lowest BCUT2D eigenvalue weighted by atomic mass is 9.95. The molecule has 0 bridgehead atoms. The molecule has 0 heterocycles. The van der Waals surface area contributed by atoms with E-state index in [1.807, 2.05) is 9.80 Å². The highest BCUT2D eigenvalue weighted by Gasteiger charge is 2.41. The quantitative estimate of drug-likeness (QED) is 0.223. The summed E-state index contributed by atoms with van der Waals surface area (Å²) < 4.78 is 11.2. The molecule has 0 amide bonds. The van der Waals surface area contributed by atoms with Crippen LogP contribution in [0.4, 0.5) is 11.4 Å². The fourth-order valence-electron chi connectivity index (χ4n) is 3.76. The Morgan fingerprint density at radius 3 is 1.39 bits per heavy atom. The van der Waals surface area contributed by atoms with Crippen LogP contribution >= 0.6 is 0 Å². The second-order valence-electron chi connectivity index (χ2n) is 7.32. The molecule has 2 aromatic carbocycles. The van der Waals surface area contributed by atoms with Crippen molar-refractivity contribution in [2.75, 3.05) is 76.6 Å². The van der Waals surface area contributed by atoms with E-state index in [2.05, 4.69) is 0 Å². The summed E-state index contributed by atoms with van der Waals surface area (Å²) in [5.41, 5.74) is 2.43. The van der Waals surface area contributed by atoms with Crippen LogP contribution in [0.5, 0.6) is 0 Å². The van der Waals surface area contributed by atoms with Crippen molar-refractivity contribution < 1.29 is 34.7 Å². The van der Waals surface area contributed by atoms with E-state index < -0.39 is 5.79 Å². The summed E-state index contributed by atoms with van der Waals surface area (Å²) in [6, 6.07) is 13.8. The fraction of sp³-hybridized carbons (Fsp3) is 0.458. The van der Waals surface area contributed by atoms with Crippen molar-refractivity contribution in [1.82, 2.24) is 0 Å². The molecule has 0 saturated heterocycles. The molecule has 2 rings (SSSR count). The van der Waals surface area contributed by atoms with Crippen molar-refractivity contribution in [2.45, 2.75) is 5.79 Å². The number of carbonyl (C=O) groups is 1. The minimum absolute atomic E-state index is 0.0512. The number of ether oxygens (including phenoxy) is 2. The van der Waals surface area contributed by atoms with Crippen LogP contribution in [0, 0.1) is 0 Å². The van der Waals surface area contributed by atoms with Crippen molar-refractivity contribution in [1.29, 1.82) is 0 Å². The summed E-state index contributed by atoms with van der Waals surface area (Å²) in [6.07, 6.45) is 0. The highest BCUT2D eigenvalue weighted by Crippen LogP contribution is 2.32. The lowest BCUT2D eigenvalue weighted by Gasteiger charge is -2.31. The number of benzene rings is 2. The number of aliphatic hydroxyl groups is 4. The number of methoxy groups -OCH3 is 2. The monoisotopic (exact) mass is 462 g/mol. The van der Waals surface area contributed by atoms with Crippen LogP contribution in [-0.4, -0.2) is 93.0 Å². The number of ketones is 1. The Hall–Kier alpha value is -2.53. The van der Waals surface area contributed by atoms with E-state index in [0.717, 1.165) is 11.4 Å². The highest BCUT2D eigenvalue weighted by molar-refractivity contribution is 6.02. The second-order valence-corrected chi connectivity index (χ2v) is 7.32. The molecular formula is C24H34N2O7. The van der Waals surface area contributed by atoms with Crippen molar-refractivity contribution in [3.8, 4) is 0 Å². The third kappa shape index (κ3) is 6.29. The molecule has 0 saturated carbocycles. The molecule has 0 aliphatic rings. The molecule has 0 spiro atoms. The number of carbonyl (C=O) groups excluding carboxylic acids is 1. The highest BCUT2D eigenvalue weighted by atomic mass is 16.7. The summed E-state index contributed by atoms with van der Waals surface area (Å²) >= 11 is 0. The van der Waals surface area contributed by atoms with Gasteiger partial charge in [0.2, 0.25) is 5.78 Å². The molecular weight excluding hydrogens is 428 g/mol. The van der Waals surface area contributed by atoms with Gasteiger partial charge >= 0.3 is 0 Å². The smallest absolute Gasteiger partial charge is 0.260 e. The van der Waals surface area contributed by atoms with Gasteiger partial charge in [-0.1, -0.05) is 12.1 Å². The van der Waals surface area contributed by atoms with E-state index in [9.17, 15) is 25.2 Å². The standard InChI is InChI=1S/C24H34N2O7/c1-32-24(33-2,20-5-9-22(10-6-20)26(13-17-29)14-18-30)23(31)19-3-7-21(8-4-19)25(11-15-27)12-16-28/h3-10,27-30H,11-18H2,1-2H3. The minimum atomic E-state index is -1.66. The average molecular weight is 463 g/mol. The largest absolute Gasteiger partial charge is 0.395 e. The Bertz CT molecular complexity index is 827. The summed E-state index contributed by atoms with van der Waals surface area (Å²) in [7, 11) is 2.80. The summed E-state index contributed by atoms with van der Waals surface area (Å²) in [5, 5.41) is 37.0. The number of nitrogens with zero attached hydrogens (tertiary/aromatic N) is 2. The number of anilines is 2. The molecule has 0 unspecified atom stereocenters. The first-order valence-corrected chi connectivity index (χ1v) is 10.8. The summed E-state index contributed by atoms with van der Waals surface area (Å²) in [4.78, 5) is 17.1. The van der Waals surface area contributed by atoms with Gasteiger partial charge in [0.05, 0.1) is 26.4 Å². The maximum atomic E-state index is 13.5. The Labute approximate surface area is 194 Å². The van der Waals surface area contributed by atoms with E-state index in [1.54, 1.807) is 48.5 Å². The van der Waals surface area contributed by atoms with Crippen molar-refractivity contribution >= 4 is 17.2 Å². The van der Waals surface area contributed by atoms with Crippen molar-refractivity contribution in [3.63, 3.8) is 0 Å². The molecule has 9 heteroatoms. The number of aliphatic hydroxyl groups excluding tert-OH is 4. The van der Waals surface area contributed by atoms with Gasteiger partial charge in [0.15, 0.2) is 0 Å². The number of rotatable bonds is 15. The van der Waals surface area contributed by atoms with Gasteiger partial charge in [-0.05, 0) is 36.4 Å². The zero-order valence-corrected chi connectivity index (χ0v) is 19.2. The number of Topliss-reactive ketones (excluding diaryl/α,β-unsaturated/α-hetero) is 1. The van der Waals surface area contributed by atoms with E-state index >= 15 is 0 Å². The maximum absolute atomic E-state index is 13.5. The molecule has 9 nitrogen and oxygen atoms in total. The molecule has 0 atom stereocenters. The van der Waals surface area contributed by atoms with Crippen LogP contribution in [0.1, 0.15) is 15.9 Å². The lowest BCUT2D eigenvalue weighted by molar-refractivity contribution is -0.176. The Balaban J connectivity index is 2.33. The molecule has 0 aliphatic carbocycles. The molecule has 4 N–H and O–H groups in total. The molecule has 0 fully saturated rings. The normalized spacial score (nSPS) is 11.5. The van der Waals surface area contributed by atoms with Gasteiger partial charge in [-0.2, -0.15) is 0 Å². The Morgan fingerprint density at radius 2 is 1.06 bits per heavy atom. The molecule has 33 heavy (non-hydrogen) atoms. The molecule has 0 radical (unpaired) electrons. The van der Waals surface area contributed by atoms with Crippen molar-refractivity contribution in [3.05, 3.63) is 59.7 Å². The van der Waals surface area contributed by atoms with E-state index in [1.165, 1.54) is 14.2 Å². The zero-order valence-electron chi connectivity index (χ0n) is 19.2. The van der Waals surface area contributed by atoms with Crippen LogP contribution in [0.2, 0.25) is 0 Å². The molecule has 2 aromatic rings. The van der Waals surface area contributed by atoms with Gasteiger partial charge in [-0.3, -0.25) is 4.79 Å². The summed E-state index contributed by atoms with van der Waals surface area (Å²) in [5.74, 6) is -2.04. The predicted molar refractivity (Wildman–Crippen MR) is 126 cm³/mol. The fourth-order valence-corrected chi connectivity index (χ4v) is 3.76. The predicted octanol–water partition coefficient (Wildman–Crippen LogP) is 0.597. The van der Waals surface area contributed by atoms with Gasteiger partial charge in [-0.15, -0.1) is 0 Å². The van der Waals surface area contributed by atoms with Crippen LogP contribution in [0.3, 0.4) is 0 Å². The molecule has 0 aromatic heterocycles. The van der Waals surface area contributed by atoms with Gasteiger partial charge in [-0.25, -0.2) is 0 Å². The first-order valence-electron chi connectivity index (χ1n) is 10.8. The van der Waals surface area contributed by atoms with Crippen LogP contribution < -0.4 is 9.80 Å². The van der Waals surface area contributed by atoms with Gasteiger partial charge in [0, 0.05) is 62.9 Å². The van der Waals surface area contributed by atoms with E-state index in [-0.39, 0.29) is 32.2 Å². The van der Waals surface area contributed by atoms with Crippen LogP contribution in [0.15, 0.2) is 48.5 Å². The topological polar surface area (TPSA) is 123 Å². The maximum Gasteiger partial charge on any atom is 0.260 e. The van der Waals surface area contributed by atoms with Gasteiger partial charge in [0.1, 0.15) is 0 Å². The Morgan fingerprint density at radius 1 is 0.697 bits per heavy atom. The number of hydrogen-bond acceptors (Lipinski definition) is 9. The average Bonchev–Trinajstić information content (AvgIpc) is 2.85. The first-order chi connectivity index (χ1) is 16.0. The molecule has 0 aliphatic heterocycles. The van der Waals surface area contributed by atoms with E-state index in [4.69, 9.17) is 9.47 Å². The van der Waals surface area contributed by atoms with Crippen LogP contribution in [0.25, 0.3) is 0 Å². The minimum Gasteiger partial charge on any atom is -0.395 e. The Kier molecular flexibility index (Phi) is 10.7. The van der Waals surface area contributed by atoms with Crippen molar-refractivity contribution in [2.24, 2.45) is 0 Å². The first kappa shape index (κ1) is 26.7.